The second-order valence-corrected chi connectivity index (χ2v) is 3.46. The molecule has 0 saturated carbocycles. The van der Waals surface area contributed by atoms with Crippen molar-refractivity contribution < 1.29 is 4.42 Å². The molecule has 0 aromatic carbocycles. The molecule has 0 atom stereocenters. The molecule has 2 aliphatic carbocycles. The van der Waals surface area contributed by atoms with Crippen LogP contribution in [0.1, 0.15) is 0 Å². The van der Waals surface area contributed by atoms with Gasteiger partial charge < -0.3 is 4.42 Å². The molecule has 0 fully saturated rings. The molecule has 1 aromatic rings. The lowest BCUT2D eigenvalue weighted by Gasteiger charge is -1.90. The van der Waals surface area contributed by atoms with Crippen molar-refractivity contribution >= 4 is 10.8 Å². The molecule has 15 heavy (non-hydrogen) atoms. The van der Waals surface area contributed by atoms with Crippen LogP contribution in [0.5, 0.6) is 0 Å². The quantitative estimate of drug-likeness (QED) is 0.553. The van der Waals surface area contributed by atoms with Crippen LogP contribution in [0.3, 0.4) is 0 Å². The highest BCUT2D eigenvalue weighted by atomic mass is 16.4. The molecule has 0 saturated heterocycles. The van der Waals surface area contributed by atoms with E-state index in [1.54, 1.807) is 0 Å². The molecule has 0 spiro atoms. The Hall–Kier alpha value is -2.09. The van der Waals surface area contributed by atoms with E-state index in [4.69, 9.17) is 4.42 Å². The molecule has 0 N–H and O–H groups in total. The van der Waals surface area contributed by atoms with Crippen molar-refractivity contribution in [3.8, 4) is 11.1 Å². The van der Waals surface area contributed by atoms with Crippen molar-refractivity contribution in [3.05, 3.63) is 59.1 Å². The Morgan fingerprint density at radius 3 is 2.80 bits per heavy atom. The van der Waals surface area contributed by atoms with Gasteiger partial charge in [0.25, 0.3) is 0 Å². The van der Waals surface area contributed by atoms with Crippen molar-refractivity contribution in [3.63, 3.8) is 0 Å². The van der Waals surface area contributed by atoms with E-state index in [0.29, 0.717) is 5.39 Å². The van der Waals surface area contributed by atoms with Crippen molar-refractivity contribution in [2.75, 3.05) is 0 Å². The third-order valence-electron chi connectivity index (χ3n) is 2.57. The lowest BCUT2D eigenvalue weighted by Crippen LogP contribution is -1.96. The summed E-state index contributed by atoms with van der Waals surface area (Å²) in [6, 6.07) is 13.6. The first-order chi connectivity index (χ1) is 7.36. The summed E-state index contributed by atoms with van der Waals surface area (Å²) < 4.78 is 4.88. The normalized spacial score (nSPS) is 10.9. The van der Waals surface area contributed by atoms with Crippen LogP contribution in [0, 0.1) is 0 Å². The largest absolute Gasteiger partial charge is 0.431 e. The molecule has 0 aliphatic heterocycles. The van der Waals surface area contributed by atoms with Gasteiger partial charge in [-0.25, -0.2) is 4.79 Å². The van der Waals surface area contributed by atoms with Crippen molar-refractivity contribution in [1.29, 1.82) is 0 Å². The summed E-state index contributed by atoms with van der Waals surface area (Å²) in [6.45, 7) is 0. The van der Waals surface area contributed by atoms with E-state index in [9.17, 15) is 4.79 Å². The predicted octanol–water partition coefficient (Wildman–Crippen LogP) is 2.90. The van der Waals surface area contributed by atoms with Gasteiger partial charge in [-0.3, -0.25) is 0 Å². The zero-order valence-electron chi connectivity index (χ0n) is 7.94. The molecule has 0 radical (unpaired) electrons. The van der Waals surface area contributed by atoms with Crippen LogP contribution < -0.4 is 5.63 Å². The van der Waals surface area contributed by atoms with Crippen LogP contribution in [0.2, 0.25) is 0 Å². The van der Waals surface area contributed by atoms with Gasteiger partial charge in [0.05, 0.1) is 11.6 Å². The van der Waals surface area contributed by atoms with Crippen LogP contribution in [-0.4, -0.2) is 0 Å². The Bertz CT molecular complexity index is 652. The fraction of sp³-hybridized carbons (Fsp3) is 0. The Kier molecular flexibility index (Phi) is 1.62. The van der Waals surface area contributed by atoms with Gasteiger partial charge in [-0.05, 0) is 28.6 Å². The molecule has 3 rings (SSSR count). The Morgan fingerprint density at radius 2 is 1.87 bits per heavy atom. The Balaban J connectivity index is 2.60. The molecule has 2 heteroatoms. The molecule has 1 heterocycles. The molecule has 72 valence electrons. The fourth-order valence-electron chi connectivity index (χ4n) is 1.90. The summed E-state index contributed by atoms with van der Waals surface area (Å²) in [5.74, 6) is 0. The number of hydrogen-bond donors (Lipinski definition) is 0. The monoisotopic (exact) mass is 196 g/mol. The lowest BCUT2D eigenvalue weighted by molar-refractivity contribution is 0.520. The van der Waals surface area contributed by atoms with Crippen LogP contribution in [-0.2, 0) is 0 Å². The highest BCUT2D eigenvalue weighted by Gasteiger charge is 2.11. The first-order valence-electron chi connectivity index (χ1n) is 4.75. The van der Waals surface area contributed by atoms with Gasteiger partial charge in [0, 0.05) is 0 Å². The maximum Gasteiger partial charge on any atom is 0.344 e. The van der Waals surface area contributed by atoms with Crippen molar-refractivity contribution in [2.45, 2.75) is 0 Å². The van der Waals surface area contributed by atoms with Gasteiger partial charge in [-0.15, -0.1) is 0 Å². The van der Waals surface area contributed by atoms with Gasteiger partial charge >= 0.3 is 5.63 Å². The average Bonchev–Trinajstić information content (AvgIpc) is 2.43. The van der Waals surface area contributed by atoms with E-state index >= 15 is 0 Å². The maximum absolute atomic E-state index is 11.6. The second kappa shape index (κ2) is 2.95. The summed E-state index contributed by atoms with van der Waals surface area (Å²) in [7, 11) is 0. The first kappa shape index (κ1) is 8.24. The van der Waals surface area contributed by atoms with Gasteiger partial charge in [0.1, 0.15) is 0 Å². The van der Waals surface area contributed by atoms with Crippen LogP contribution in [0.25, 0.3) is 21.9 Å². The minimum atomic E-state index is -0.270. The van der Waals surface area contributed by atoms with Gasteiger partial charge in [0.2, 0.25) is 0 Å². The van der Waals surface area contributed by atoms with Gasteiger partial charge in [-0.1, -0.05) is 30.3 Å². The summed E-state index contributed by atoms with van der Waals surface area (Å²) in [4.78, 5) is 11.6. The molecule has 1 aromatic heterocycles. The van der Waals surface area contributed by atoms with E-state index < -0.39 is 0 Å². The van der Waals surface area contributed by atoms with E-state index in [-0.39, 0.29) is 5.63 Å². The predicted molar refractivity (Wildman–Crippen MR) is 59.1 cm³/mol. The van der Waals surface area contributed by atoms with Gasteiger partial charge in [0.15, 0.2) is 0 Å². The van der Waals surface area contributed by atoms with Crippen LogP contribution in [0.15, 0.2) is 57.9 Å². The molecular weight excluding hydrogens is 188 g/mol. The minimum absolute atomic E-state index is 0.270. The summed E-state index contributed by atoms with van der Waals surface area (Å²) in [5.41, 5.74) is 1.74. The van der Waals surface area contributed by atoms with Crippen LogP contribution >= 0.6 is 0 Å². The van der Waals surface area contributed by atoms with Crippen molar-refractivity contribution in [1.82, 2.24) is 0 Å². The zero-order chi connectivity index (χ0) is 10.3. The second-order valence-electron chi connectivity index (χ2n) is 3.46. The smallest absolute Gasteiger partial charge is 0.344 e. The van der Waals surface area contributed by atoms with E-state index in [0.717, 1.165) is 16.5 Å². The lowest BCUT2D eigenvalue weighted by atomic mass is 10.1. The highest BCUT2D eigenvalue weighted by Crippen LogP contribution is 2.30. The number of rotatable bonds is 0. The standard InChI is InChI=1S/C13H8O2/c14-13-12-10(6-7-15-13)8-9-4-2-1-3-5-11(9)12/h1-8H. The molecule has 2 aliphatic rings. The highest BCUT2D eigenvalue weighted by molar-refractivity contribution is 6.01. The topological polar surface area (TPSA) is 30.2 Å². The average molecular weight is 196 g/mol. The van der Waals surface area contributed by atoms with Crippen LogP contribution in [0.4, 0.5) is 0 Å². The third-order valence-corrected chi connectivity index (χ3v) is 2.57. The van der Waals surface area contributed by atoms with E-state index in [2.05, 4.69) is 0 Å². The number of fused-ring (bicyclic) bond motifs is 3. The molecule has 2 nitrogen and oxygen atoms in total. The molecule has 0 unspecified atom stereocenters. The summed E-state index contributed by atoms with van der Waals surface area (Å²) in [6.07, 6.45) is 1.43. The molecule has 0 amide bonds. The number of hydrogen-bond acceptors (Lipinski definition) is 2. The van der Waals surface area contributed by atoms with Crippen molar-refractivity contribution in [2.24, 2.45) is 0 Å². The SMILES string of the molecule is O=c1occc2cc3cccccc-3c12. The summed E-state index contributed by atoms with van der Waals surface area (Å²) >= 11 is 0. The fourth-order valence-corrected chi connectivity index (χ4v) is 1.90. The maximum atomic E-state index is 11.6. The molecular formula is C13H8O2. The summed E-state index contributed by atoms with van der Waals surface area (Å²) in [5, 5.41) is 1.61. The Labute approximate surface area is 86.1 Å². The zero-order valence-corrected chi connectivity index (χ0v) is 7.94. The minimum Gasteiger partial charge on any atom is -0.431 e. The van der Waals surface area contributed by atoms with E-state index in [1.165, 1.54) is 6.26 Å². The third kappa shape index (κ3) is 1.15. The van der Waals surface area contributed by atoms with Gasteiger partial charge in [-0.2, -0.15) is 0 Å². The molecule has 0 bridgehead atoms. The Morgan fingerprint density at radius 1 is 1.00 bits per heavy atom. The van der Waals surface area contributed by atoms with E-state index in [1.807, 2.05) is 42.5 Å². The first-order valence-corrected chi connectivity index (χ1v) is 4.75.